The van der Waals surface area contributed by atoms with Crippen LogP contribution in [0.5, 0.6) is 0 Å². The monoisotopic (exact) mass is 412 g/mol. The third-order valence-corrected chi connectivity index (χ3v) is 4.55. The molecule has 0 fully saturated rings. The Labute approximate surface area is 179 Å². The maximum absolute atomic E-state index is 12.8. The Morgan fingerprint density at radius 1 is 1.00 bits per heavy atom. The van der Waals surface area contributed by atoms with Crippen LogP contribution in [0, 0.1) is 0 Å². The molecule has 4 aromatic rings. The molecule has 0 aliphatic carbocycles. The molecule has 0 saturated carbocycles. The molecule has 0 bridgehead atoms. The molecular formula is C24H20N4O3. The minimum Gasteiger partial charge on any atom is -0.465 e. The molecule has 2 heterocycles. The van der Waals surface area contributed by atoms with Crippen molar-refractivity contribution in [2.75, 3.05) is 0 Å². The summed E-state index contributed by atoms with van der Waals surface area (Å²) >= 11 is 0. The van der Waals surface area contributed by atoms with E-state index in [1.165, 1.54) is 12.3 Å². The second-order valence-corrected chi connectivity index (χ2v) is 6.71. The predicted molar refractivity (Wildman–Crippen MR) is 116 cm³/mol. The normalized spacial score (nSPS) is 11.2. The van der Waals surface area contributed by atoms with Crippen LogP contribution >= 0.6 is 0 Å². The van der Waals surface area contributed by atoms with E-state index in [9.17, 15) is 9.59 Å². The first kappa shape index (κ1) is 19.9. The number of benzene rings is 2. The van der Waals surface area contributed by atoms with Crippen LogP contribution in [-0.2, 0) is 11.3 Å². The average Bonchev–Trinajstić information content (AvgIpc) is 3.52. The van der Waals surface area contributed by atoms with Crippen molar-refractivity contribution >= 4 is 17.9 Å². The third kappa shape index (κ3) is 5.16. The quantitative estimate of drug-likeness (QED) is 0.454. The van der Waals surface area contributed by atoms with Crippen molar-refractivity contribution in [1.82, 2.24) is 20.2 Å². The van der Waals surface area contributed by atoms with Crippen molar-refractivity contribution in [3.63, 3.8) is 0 Å². The minimum absolute atomic E-state index is 0.0961. The summed E-state index contributed by atoms with van der Waals surface area (Å²) in [6.07, 6.45) is 8.29. The Hall–Kier alpha value is -4.39. The zero-order valence-corrected chi connectivity index (χ0v) is 16.6. The molecule has 2 amide bonds. The van der Waals surface area contributed by atoms with Gasteiger partial charge in [0.05, 0.1) is 12.6 Å². The Kier molecular flexibility index (Phi) is 6.04. The van der Waals surface area contributed by atoms with Crippen molar-refractivity contribution in [2.45, 2.75) is 6.54 Å². The summed E-state index contributed by atoms with van der Waals surface area (Å²) in [5.41, 5.74) is 2.44. The molecule has 0 atom stereocenters. The average molecular weight is 412 g/mol. The van der Waals surface area contributed by atoms with Crippen LogP contribution in [0.4, 0.5) is 0 Å². The first-order valence-electron chi connectivity index (χ1n) is 9.66. The molecule has 4 rings (SSSR count). The van der Waals surface area contributed by atoms with Gasteiger partial charge in [-0.3, -0.25) is 9.59 Å². The van der Waals surface area contributed by atoms with E-state index in [0.717, 1.165) is 11.3 Å². The third-order valence-electron chi connectivity index (χ3n) is 4.55. The number of nitrogens with one attached hydrogen (secondary N) is 2. The number of amides is 2. The highest BCUT2D eigenvalue weighted by Gasteiger charge is 2.15. The number of carbonyl (C=O) groups is 2. The Bertz CT molecular complexity index is 1160. The molecule has 7 nitrogen and oxygen atoms in total. The molecule has 0 spiro atoms. The zero-order valence-electron chi connectivity index (χ0n) is 16.6. The van der Waals surface area contributed by atoms with E-state index < -0.39 is 5.91 Å². The fraction of sp³-hybridized carbons (Fsp3) is 0.0417. The fourth-order valence-electron chi connectivity index (χ4n) is 2.93. The number of furan rings is 1. The standard InChI is InChI=1S/C24H20N4O3/c29-23(19-5-2-1-3-6-19)27-22(15-21-7-4-14-31-21)24(30)26-16-18-8-10-20(11-9-18)28-13-12-25-17-28/h1-15,17H,16H2,(H,26,30)(H,27,29)/b22-15-. The number of imidazole rings is 1. The van der Waals surface area contributed by atoms with E-state index in [4.69, 9.17) is 4.42 Å². The molecule has 7 heteroatoms. The van der Waals surface area contributed by atoms with Crippen molar-refractivity contribution in [3.05, 3.63) is 114 Å². The highest BCUT2D eigenvalue weighted by Crippen LogP contribution is 2.11. The molecule has 154 valence electrons. The first-order chi connectivity index (χ1) is 15.2. The maximum atomic E-state index is 12.8. The van der Waals surface area contributed by atoms with Crippen LogP contribution in [0.1, 0.15) is 21.7 Å². The van der Waals surface area contributed by atoms with Gasteiger partial charge in [-0.15, -0.1) is 0 Å². The largest absolute Gasteiger partial charge is 0.465 e. The Morgan fingerprint density at radius 3 is 2.48 bits per heavy atom. The summed E-state index contributed by atoms with van der Waals surface area (Å²) in [6, 6.07) is 19.9. The number of carbonyl (C=O) groups excluding carboxylic acids is 2. The van der Waals surface area contributed by atoms with Gasteiger partial charge in [0.25, 0.3) is 11.8 Å². The maximum Gasteiger partial charge on any atom is 0.268 e. The lowest BCUT2D eigenvalue weighted by atomic mass is 10.2. The lowest BCUT2D eigenvalue weighted by Crippen LogP contribution is -2.34. The minimum atomic E-state index is -0.417. The number of nitrogens with zero attached hydrogens (tertiary/aromatic N) is 2. The fourth-order valence-corrected chi connectivity index (χ4v) is 2.93. The van der Waals surface area contributed by atoms with Gasteiger partial charge >= 0.3 is 0 Å². The van der Waals surface area contributed by atoms with Gasteiger partial charge in [0.15, 0.2) is 0 Å². The summed E-state index contributed by atoms with van der Waals surface area (Å²) < 4.78 is 7.19. The van der Waals surface area contributed by atoms with Crippen LogP contribution in [0.2, 0.25) is 0 Å². The molecule has 0 aliphatic rings. The van der Waals surface area contributed by atoms with Crippen LogP contribution in [0.3, 0.4) is 0 Å². The Morgan fingerprint density at radius 2 is 1.81 bits per heavy atom. The van der Waals surface area contributed by atoms with E-state index in [-0.39, 0.29) is 11.6 Å². The zero-order chi connectivity index (χ0) is 21.5. The second-order valence-electron chi connectivity index (χ2n) is 6.71. The molecule has 0 radical (unpaired) electrons. The molecule has 31 heavy (non-hydrogen) atoms. The second kappa shape index (κ2) is 9.41. The van der Waals surface area contributed by atoms with Crippen LogP contribution in [0.25, 0.3) is 11.8 Å². The van der Waals surface area contributed by atoms with Gasteiger partial charge in [-0.1, -0.05) is 30.3 Å². The number of hydrogen-bond donors (Lipinski definition) is 2. The van der Waals surface area contributed by atoms with E-state index in [1.807, 2.05) is 41.1 Å². The molecule has 0 aliphatic heterocycles. The van der Waals surface area contributed by atoms with E-state index in [0.29, 0.717) is 17.9 Å². The van der Waals surface area contributed by atoms with Gasteiger partial charge in [0.1, 0.15) is 11.5 Å². The molecule has 0 saturated heterocycles. The van der Waals surface area contributed by atoms with Crippen LogP contribution in [-0.4, -0.2) is 21.4 Å². The van der Waals surface area contributed by atoms with Crippen LogP contribution in [0.15, 0.2) is 102 Å². The molecule has 2 aromatic heterocycles. The van der Waals surface area contributed by atoms with Gasteiger partial charge in [0.2, 0.25) is 0 Å². The lowest BCUT2D eigenvalue weighted by Gasteiger charge is -2.11. The number of rotatable bonds is 7. The van der Waals surface area contributed by atoms with Crippen molar-refractivity contribution in [2.24, 2.45) is 0 Å². The summed E-state index contributed by atoms with van der Waals surface area (Å²) in [4.78, 5) is 29.4. The SMILES string of the molecule is O=C(NCc1ccc(-n2ccnc2)cc1)/C(=C/c1ccco1)NC(=O)c1ccccc1. The van der Waals surface area contributed by atoms with Crippen molar-refractivity contribution in [1.29, 1.82) is 0 Å². The lowest BCUT2D eigenvalue weighted by molar-refractivity contribution is -0.117. The topological polar surface area (TPSA) is 89.2 Å². The van der Waals surface area contributed by atoms with Crippen molar-refractivity contribution in [3.8, 4) is 5.69 Å². The van der Waals surface area contributed by atoms with Gasteiger partial charge < -0.3 is 19.6 Å². The van der Waals surface area contributed by atoms with Crippen LogP contribution < -0.4 is 10.6 Å². The summed E-state index contributed by atoms with van der Waals surface area (Å²) in [7, 11) is 0. The number of aromatic nitrogens is 2. The van der Waals surface area contributed by atoms with Gasteiger partial charge in [0, 0.05) is 36.3 Å². The first-order valence-corrected chi connectivity index (χ1v) is 9.66. The predicted octanol–water partition coefficient (Wildman–Crippen LogP) is 3.55. The van der Waals surface area contributed by atoms with Gasteiger partial charge in [-0.2, -0.15) is 0 Å². The summed E-state index contributed by atoms with van der Waals surface area (Å²) in [6.45, 7) is 0.305. The smallest absolute Gasteiger partial charge is 0.268 e. The van der Waals surface area contributed by atoms with E-state index >= 15 is 0 Å². The summed E-state index contributed by atoms with van der Waals surface area (Å²) in [5, 5.41) is 5.51. The highest BCUT2D eigenvalue weighted by atomic mass is 16.3. The molecular weight excluding hydrogens is 392 g/mol. The molecule has 2 aromatic carbocycles. The van der Waals surface area contributed by atoms with Crippen molar-refractivity contribution < 1.29 is 14.0 Å². The van der Waals surface area contributed by atoms with E-state index in [2.05, 4.69) is 15.6 Å². The Balaban J connectivity index is 1.45. The summed E-state index contributed by atoms with van der Waals surface area (Å²) in [5.74, 6) is -0.333. The highest BCUT2D eigenvalue weighted by molar-refractivity contribution is 6.05. The van der Waals surface area contributed by atoms with Gasteiger partial charge in [-0.25, -0.2) is 4.98 Å². The number of hydrogen-bond acceptors (Lipinski definition) is 4. The van der Waals surface area contributed by atoms with Gasteiger partial charge in [-0.05, 0) is 42.0 Å². The molecule has 2 N–H and O–H groups in total. The molecule has 0 unspecified atom stereocenters. The van der Waals surface area contributed by atoms with E-state index in [1.54, 1.807) is 48.9 Å².